The van der Waals surface area contributed by atoms with Crippen LogP contribution in [0.4, 0.5) is 4.79 Å². The highest BCUT2D eigenvalue weighted by Gasteiger charge is 2.49. The van der Waals surface area contributed by atoms with E-state index in [9.17, 15) is 9.59 Å². The van der Waals surface area contributed by atoms with Gasteiger partial charge >= 0.3 is 6.09 Å². The predicted molar refractivity (Wildman–Crippen MR) is 70.3 cm³/mol. The highest BCUT2D eigenvalue weighted by Crippen LogP contribution is 2.51. The molecule has 0 saturated heterocycles. The first-order valence-electron chi connectivity index (χ1n) is 6.51. The lowest BCUT2D eigenvalue weighted by atomic mass is 9.53. The molecule has 1 rings (SSSR count). The van der Waals surface area contributed by atoms with E-state index in [1.807, 2.05) is 20.8 Å². The molecule has 2 unspecified atom stereocenters. The van der Waals surface area contributed by atoms with Crippen LogP contribution in [-0.2, 0) is 9.53 Å². The fraction of sp³-hybridized carbons (Fsp3) is 0.857. The molecule has 18 heavy (non-hydrogen) atoms. The normalized spacial score (nSPS) is 26.1. The van der Waals surface area contributed by atoms with Gasteiger partial charge in [-0.1, -0.05) is 13.8 Å². The molecule has 4 nitrogen and oxygen atoms in total. The van der Waals surface area contributed by atoms with Crippen LogP contribution < -0.4 is 5.32 Å². The van der Waals surface area contributed by atoms with Gasteiger partial charge in [-0.15, -0.1) is 0 Å². The van der Waals surface area contributed by atoms with Gasteiger partial charge in [-0.3, -0.25) is 4.79 Å². The monoisotopic (exact) mass is 255 g/mol. The van der Waals surface area contributed by atoms with Crippen molar-refractivity contribution in [1.29, 1.82) is 0 Å². The average molecular weight is 255 g/mol. The summed E-state index contributed by atoms with van der Waals surface area (Å²) in [5.41, 5.74) is -0.498. The van der Waals surface area contributed by atoms with Crippen LogP contribution in [0.3, 0.4) is 0 Å². The quantitative estimate of drug-likeness (QED) is 0.843. The molecule has 1 aliphatic carbocycles. The molecule has 4 heteroatoms. The summed E-state index contributed by atoms with van der Waals surface area (Å²) in [6, 6.07) is 0. The molecule has 2 atom stereocenters. The summed E-state index contributed by atoms with van der Waals surface area (Å²) in [6.45, 7) is 11.9. The van der Waals surface area contributed by atoms with E-state index in [-0.39, 0.29) is 23.2 Å². The average Bonchev–Trinajstić information content (AvgIpc) is 2.12. The number of hydrogen-bond donors (Lipinski definition) is 1. The zero-order valence-electron chi connectivity index (χ0n) is 12.3. The number of carbonyl (C=O) groups excluding carboxylic acids is 2. The molecule has 104 valence electrons. The van der Waals surface area contributed by atoms with E-state index in [1.54, 1.807) is 6.92 Å². The molecular weight excluding hydrogens is 230 g/mol. The van der Waals surface area contributed by atoms with Gasteiger partial charge in [0.25, 0.3) is 0 Å². The Morgan fingerprint density at radius 1 is 1.33 bits per heavy atom. The Hall–Kier alpha value is -1.06. The fourth-order valence-electron chi connectivity index (χ4n) is 2.57. The summed E-state index contributed by atoms with van der Waals surface area (Å²) >= 11 is 0. The molecule has 0 aromatic carbocycles. The van der Waals surface area contributed by atoms with Crippen molar-refractivity contribution in [3.63, 3.8) is 0 Å². The van der Waals surface area contributed by atoms with Crippen LogP contribution in [0.5, 0.6) is 0 Å². The lowest BCUT2D eigenvalue weighted by Gasteiger charge is -2.51. The maximum Gasteiger partial charge on any atom is 0.407 e. The Balaban J connectivity index is 2.39. The van der Waals surface area contributed by atoms with Crippen molar-refractivity contribution in [3.05, 3.63) is 0 Å². The highest BCUT2D eigenvalue weighted by atomic mass is 16.6. The minimum Gasteiger partial charge on any atom is -0.444 e. The second-order valence-corrected chi connectivity index (χ2v) is 6.80. The van der Waals surface area contributed by atoms with Crippen molar-refractivity contribution in [3.8, 4) is 0 Å². The minimum absolute atomic E-state index is 0.0269. The van der Waals surface area contributed by atoms with Crippen LogP contribution >= 0.6 is 0 Å². The summed E-state index contributed by atoms with van der Waals surface area (Å²) in [4.78, 5) is 22.9. The molecular formula is C14H25NO3. The Kier molecular flexibility index (Phi) is 4.08. The third-order valence-electron chi connectivity index (χ3n) is 3.85. The van der Waals surface area contributed by atoms with Gasteiger partial charge in [-0.05, 0) is 45.4 Å². The van der Waals surface area contributed by atoms with Crippen molar-refractivity contribution in [1.82, 2.24) is 5.32 Å². The van der Waals surface area contributed by atoms with Crippen molar-refractivity contribution in [2.75, 3.05) is 6.54 Å². The predicted octanol–water partition coefficient (Wildman–Crippen LogP) is 2.76. The molecule has 0 radical (unpaired) electrons. The van der Waals surface area contributed by atoms with Crippen molar-refractivity contribution < 1.29 is 14.3 Å². The van der Waals surface area contributed by atoms with Crippen LogP contribution in [0, 0.1) is 17.3 Å². The van der Waals surface area contributed by atoms with E-state index in [1.165, 1.54) is 0 Å². The molecule has 0 aromatic rings. The van der Waals surface area contributed by atoms with E-state index in [2.05, 4.69) is 19.2 Å². The molecule has 0 heterocycles. The van der Waals surface area contributed by atoms with Crippen molar-refractivity contribution in [2.24, 2.45) is 17.3 Å². The van der Waals surface area contributed by atoms with E-state index >= 15 is 0 Å². The van der Waals surface area contributed by atoms with E-state index in [0.717, 1.165) is 6.42 Å². The largest absolute Gasteiger partial charge is 0.444 e. The smallest absolute Gasteiger partial charge is 0.407 e. The van der Waals surface area contributed by atoms with Crippen LogP contribution in [-0.4, -0.2) is 24.0 Å². The Bertz CT molecular complexity index is 341. The van der Waals surface area contributed by atoms with Gasteiger partial charge in [-0.2, -0.15) is 0 Å². The van der Waals surface area contributed by atoms with Crippen LogP contribution in [0.1, 0.15) is 48.0 Å². The Morgan fingerprint density at radius 2 is 1.89 bits per heavy atom. The van der Waals surface area contributed by atoms with Gasteiger partial charge in [0.2, 0.25) is 0 Å². The van der Waals surface area contributed by atoms with Gasteiger partial charge in [0.1, 0.15) is 11.4 Å². The number of hydrogen-bond acceptors (Lipinski definition) is 3. The van der Waals surface area contributed by atoms with Gasteiger partial charge in [0.05, 0.1) is 0 Å². The number of alkyl carbamates (subject to hydrolysis) is 1. The number of Topliss-reactive ketones (excluding diaryl/α,β-unsaturated/α-hetero) is 1. The zero-order chi connectivity index (χ0) is 14.1. The number of amides is 1. The molecule has 0 bridgehead atoms. The molecule has 1 N–H and O–H groups in total. The molecule has 0 aliphatic heterocycles. The Labute approximate surface area is 109 Å². The topological polar surface area (TPSA) is 55.4 Å². The van der Waals surface area contributed by atoms with Crippen LogP contribution in [0.15, 0.2) is 0 Å². The number of nitrogens with one attached hydrogen (secondary N) is 1. The summed E-state index contributed by atoms with van der Waals surface area (Å²) in [5.74, 6) is 0.718. The molecule has 0 aromatic heterocycles. The molecule has 0 spiro atoms. The standard InChI is InChI=1S/C14H25NO3/c1-9(16)11-7-10(14(11,5)6)8-15-12(17)18-13(2,3)4/h10-11H,7-8H2,1-6H3,(H,15,17). The Morgan fingerprint density at radius 3 is 2.28 bits per heavy atom. The third kappa shape index (κ3) is 3.47. The van der Waals surface area contributed by atoms with Crippen LogP contribution in [0.2, 0.25) is 0 Å². The maximum absolute atomic E-state index is 11.5. The van der Waals surface area contributed by atoms with Gasteiger partial charge < -0.3 is 10.1 Å². The van der Waals surface area contributed by atoms with Gasteiger partial charge in [-0.25, -0.2) is 4.79 Å². The summed E-state index contributed by atoms with van der Waals surface area (Å²) < 4.78 is 5.18. The van der Waals surface area contributed by atoms with Crippen molar-refractivity contribution >= 4 is 11.9 Å². The summed E-state index contributed by atoms with van der Waals surface area (Å²) in [5, 5.41) is 2.78. The van der Waals surface area contributed by atoms with Gasteiger partial charge in [0.15, 0.2) is 0 Å². The second kappa shape index (κ2) is 4.90. The first-order valence-corrected chi connectivity index (χ1v) is 6.51. The second-order valence-electron chi connectivity index (χ2n) is 6.80. The fourth-order valence-corrected chi connectivity index (χ4v) is 2.57. The number of rotatable bonds is 3. The van der Waals surface area contributed by atoms with E-state index in [4.69, 9.17) is 4.74 Å². The first kappa shape index (κ1) is 15.0. The van der Waals surface area contributed by atoms with E-state index in [0.29, 0.717) is 12.5 Å². The lowest BCUT2D eigenvalue weighted by Crippen LogP contribution is -2.52. The summed E-state index contributed by atoms with van der Waals surface area (Å²) in [6.07, 6.45) is 0.475. The molecule has 1 aliphatic rings. The molecule has 1 amide bonds. The lowest BCUT2D eigenvalue weighted by molar-refractivity contribution is -0.135. The minimum atomic E-state index is -0.471. The number of ether oxygens (including phenoxy) is 1. The zero-order valence-corrected chi connectivity index (χ0v) is 12.3. The van der Waals surface area contributed by atoms with Crippen LogP contribution in [0.25, 0.3) is 0 Å². The SMILES string of the molecule is CC(=O)C1CC(CNC(=O)OC(C)(C)C)C1(C)C. The van der Waals surface area contributed by atoms with Gasteiger partial charge in [0, 0.05) is 12.5 Å². The van der Waals surface area contributed by atoms with Crippen molar-refractivity contribution in [2.45, 2.75) is 53.6 Å². The third-order valence-corrected chi connectivity index (χ3v) is 3.85. The summed E-state index contributed by atoms with van der Waals surface area (Å²) in [7, 11) is 0. The van der Waals surface area contributed by atoms with E-state index < -0.39 is 5.60 Å². The maximum atomic E-state index is 11.5. The number of ketones is 1. The number of carbonyl (C=O) groups is 2. The highest BCUT2D eigenvalue weighted by molar-refractivity contribution is 5.80. The molecule has 1 fully saturated rings. The molecule has 1 saturated carbocycles. The first-order chi connectivity index (χ1) is 8.04.